The number of rotatable bonds is 5. The molecule has 0 bridgehead atoms. The second-order valence-electron chi connectivity index (χ2n) is 3.98. The largest absolute Gasteiger partial charge is 0.353 e. The van der Waals surface area contributed by atoms with E-state index in [0.717, 1.165) is 5.56 Å². The minimum Gasteiger partial charge on any atom is -0.353 e. The van der Waals surface area contributed by atoms with E-state index in [2.05, 4.69) is 20.8 Å². The number of carbonyl (C=O) groups is 2. The van der Waals surface area contributed by atoms with Gasteiger partial charge < -0.3 is 5.32 Å². The van der Waals surface area contributed by atoms with Crippen LogP contribution in [-0.4, -0.2) is 29.1 Å². The molecule has 0 aliphatic heterocycles. The van der Waals surface area contributed by atoms with E-state index in [1.165, 1.54) is 6.21 Å². The van der Waals surface area contributed by atoms with Gasteiger partial charge in [0.25, 0.3) is 0 Å². The highest BCUT2D eigenvalue weighted by Gasteiger charge is 2.08. The first kappa shape index (κ1) is 13.8. The average Bonchev–Trinajstić information content (AvgIpc) is 2.29. The van der Waals surface area contributed by atoms with Crippen LogP contribution in [0.4, 0.5) is 0 Å². The molecular weight excluding hydrogens is 232 g/mol. The number of hydrazone groups is 1. The van der Waals surface area contributed by atoms with Crippen molar-refractivity contribution >= 4 is 18.0 Å². The molecule has 0 unspecified atom stereocenters. The number of hydrogen-bond donors (Lipinski definition) is 2. The molecule has 0 atom stereocenters. The summed E-state index contributed by atoms with van der Waals surface area (Å²) in [6.45, 7) is 3.66. The fourth-order valence-electron chi connectivity index (χ4n) is 1.19. The van der Waals surface area contributed by atoms with Crippen LogP contribution in [0.25, 0.3) is 0 Å². The standard InChI is InChI=1S/C12H16N4O2/c1-9(2)15-11(17)6-12(18)16-14-8-10-4-3-5-13-7-10/h3-5,7-9H,6H2,1-2H3,(H,15,17)(H,16,18)/b14-8-. The van der Waals surface area contributed by atoms with Gasteiger partial charge in [-0.05, 0) is 19.9 Å². The Labute approximate surface area is 105 Å². The lowest BCUT2D eigenvalue weighted by Crippen LogP contribution is -2.34. The number of aromatic nitrogens is 1. The van der Waals surface area contributed by atoms with Crippen molar-refractivity contribution in [1.29, 1.82) is 0 Å². The van der Waals surface area contributed by atoms with E-state index >= 15 is 0 Å². The molecule has 1 aromatic heterocycles. The molecule has 0 saturated carbocycles. The SMILES string of the molecule is CC(C)NC(=O)CC(=O)N/N=C\c1cccnc1. The molecule has 0 radical (unpaired) electrons. The van der Waals surface area contributed by atoms with E-state index in [1.54, 1.807) is 24.5 Å². The summed E-state index contributed by atoms with van der Waals surface area (Å²) in [7, 11) is 0. The summed E-state index contributed by atoms with van der Waals surface area (Å²) < 4.78 is 0. The van der Waals surface area contributed by atoms with E-state index in [0.29, 0.717) is 0 Å². The molecule has 0 aliphatic carbocycles. The van der Waals surface area contributed by atoms with Gasteiger partial charge in [-0.3, -0.25) is 14.6 Å². The molecule has 6 nitrogen and oxygen atoms in total. The van der Waals surface area contributed by atoms with Crippen molar-refractivity contribution in [3.05, 3.63) is 30.1 Å². The summed E-state index contributed by atoms with van der Waals surface area (Å²) in [5.41, 5.74) is 3.05. The highest BCUT2D eigenvalue weighted by molar-refractivity contribution is 5.97. The van der Waals surface area contributed by atoms with Crippen molar-refractivity contribution in [3.63, 3.8) is 0 Å². The molecule has 2 amide bonds. The first-order chi connectivity index (χ1) is 8.58. The van der Waals surface area contributed by atoms with E-state index in [4.69, 9.17) is 0 Å². The maximum atomic E-state index is 11.3. The van der Waals surface area contributed by atoms with Gasteiger partial charge in [-0.1, -0.05) is 6.07 Å². The summed E-state index contributed by atoms with van der Waals surface area (Å²) in [4.78, 5) is 26.5. The van der Waals surface area contributed by atoms with Gasteiger partial charge in [-0.2, -0.15) is 5.10 Å². The Balaban J connectivity index is 2.33. The Kier molecular flexibility index (Phi) is 5.50. The number of nitrogens with one attached hydrogen (secondary N) is 2. The third kappa shape index (κ3) is 5.74. The van der Waals surface area contributed by atoms with Crippen LogP contribution in [0, 0.1) is 0 Å². The van der Waals surface area contributed by atoms with Gasteiger partial charge >= 0.3 is 0 Å². The van der Waals surface area contributed by atoms with Crippen molar-refractivity contribution in [2.24, 2.45) is 5.10 Å². The van der Waals surface area contributed by atoms with Crippen LogP contribution >= 0.6 is 0 Å². The van der Waals surface area contributed by atoms with Crippen LogP contribution in [0.5, 0.6) is 0 Å². The van der Waals surface area contributed by atoms with Crippen LogP contribution in [0.15, 0.2) is 29.6 Å². The van der Waals surface area contributed by atoms with Crippen LogP contribution in [0.3, 0.4) is 0 Å². The number of pyridine rings is 1. The second-order valence-corrected chi connectivity index (χ2v) is 3.98. The monoisotopic (exact) mass is 248 g/mol. The molecule has 0 aromatic carbocycles. The first-order valence-corrected chi connectivity index (χ1v) is 5.59. The van der Waals surface area contributed by atoms with Crippen molar-refractivity contribution in [1.82, 2.24) is 15.7 Å². The van der Waals surface area contributed by atoms with Gasteiger partial charge in [0.2, 0.25) is 11.8 Å². The van der Waals surface area contributed by atoms with Crippen molar-refractivity contribution in [2.75, 3.05) is 0 Å². The van der Waals surface area contributed by atoms with Crippen LogP contribution in [0.1, 0.15) is 25.8 Å². The Hall–Kier alpha value is -2.24. The lowest BCUT2D eigenvalue weighted by Gasteiger charge is -2.06. The molecule has 1 heterocycles. The van der Waals surface area contributed by atoms with Gasteiger partial charge in [-0.25, -0.2) is 5.43 Å². The molecule has 0 saturated heterocycles. The molecule has 0 spiro atoms. The third-order valence-electron chi connectivity index (χ3n) is 1.86. The Morgan fingerprint density at radius 2 is 2.22 bits per heavy atom. The normalized spacial score (nSPS) is 10.6. The maximum absolute atomic E-state index is 11.3. The fourth-order valence-corrected chi connectivity index (χ4v) is 1.19. The minimum absolute atomic E-state index is 0.0178. The molecular formula is C12H16N4O2. The minimum atomic E-state index is -0.451. The molecule has 0 fully saturated rings. The molecule has 1 rings (SSSR count). The zero-order chi connectivity index (χ0) is 13.4. The zero-order valence-corrected chi connectivity index (χ0v) is 10.4. The topological polar surface area (TPSA) is 83.5 Å². The average molecular weight is 248 g/mol. The number of carbonyl (C=O) groups excluding carboxylic acids is 2. The van der Waals surface area contributed by atoms with E-state index in [9.17, 15) is 9.59 Å². The predicted molar refractivity (Wildman–Crippen MR) is 67.9 cm³/mol. The van der Waals surface area contributed by atoms with Crippen molar-refractivity contribution in [2.45, 2.75) is 26.3 Å². The second kappa shape index (κ2) is 7.16. The number of nitrogens with zero attached hydrogens (tertiary/aromatic N) is 2. The highest BCUT2D eigenvalue weighted by atomic mass is 16.2. The van der Waals surface area contributed by atoms with Crippen LogP contribution < -0.4 is 10.7 Å². The smallest absolute Gasteiger partial charge is 0.249 e. The Morgan fingerprint density at radius 1 is 1.44 bits per heavy atom. The molecule has 1 aromatic rings. The van der Waals surface area contributed by atoms with Gasteiger partial charge in [0.15, 0.2) is 0 Å². The Morgan fingerprint density at radius 3 is 2.83 bits per heavy atom. The van der Waals surface area contributed by atoms with Gasteiger partial charge in [-0.15, -0.1) is 0 Å². The van der Waals surface area contributed by atoms with Crippen LogP contribution in [0.2, 0.25) is 0 Å². The van der Waals surface area contributed by atoms with Crippen molar-refractivity contribution < 1.29 is 9.59 Å². The van der Waals surface area contributed by atoms with Gasteiger partial charge in [0, 0.05) is 24.0 Å². The molecule has 96 valence electrons. The third-order valence-corrected chi connectivity index (χ3v) is 1.86. The highest BCUT2D eigenvalue weighted by Crippen LogP contribution is 1.90. The summed E-state index contributed by atoms with van der Waals surface area (Å²) in [6.07, 6.45) is 4.49. The van der Waals surface area contributed by atoms with E-state index < -0.39 is 5.91 Å². The van der Waals surface area contributed by atoms with E-state index in [1.807, 2.05) is 13.8 Å². The lowest BCUT2D eigenvalue weighted by atomic mass is 10.3. The molecule has 2 N–H and O–H groups in total. The fraction of sp³-hybridized carbons (Fsp3) is 0.333. The first-order valence-electron chi connectivity index (χ1n) is 5.59. The number of amides is 2. The summed E-state index contributed by atoms with van der Waals surface area (Å²) in [6, 6.07) is 3.58. The summed E-state index contributed by atoms with van der Waals surface area (Å²) >= 11 is 0. The molecule has 18 heavy (non-hydrogen) atoms. The van der Waals surface area contributed by atoms with Gasteiger partial charge in [0.1, 0.15) is 6.42 Å². The number of hydrogen-bond acceptors (Lipinski definition) is 4. The zero-order valence-electron chi connectivity index (χ0n) is 10.4. The van der Waals surface area contributed by atoms with E-state index in [-0.39, 0.29) is 18.4 Å². The lowest BCUT2D eigenvalue weighted by molar-refractivity contribution is -0.129. The van der Waals surface area contributed by atoms with Crippen LogP contribution in [-0.2, 0) is 9.59 Å². The van der Waals surface area contributed by atoms with Crippen molar-refractivity contribution in [3.8, 4) is 0 Å². The summed E-state index contributed by atoms with van der Waals surface area (Å²) in [5.74, 6) is -0.771. The predicted octanol–water partition coefficient (Wildman–Crippen LogP) is 0.446. The quantitative estimate of drug-likeness (QED) is 0.451. The van der Waals surface area contributed by atoms with Gasteiger partial charge in [0.05, 0.1) is 6.21 Å². The molecule has 0 aliphatic rings. The molecule has 6 heteroatoms. The Bertz CT molecular complexity index is 429. The maximum Gasteiger partial charge on any atom is 0.249 e. The summed E-state index contributed by atoms with van der Waals surface area (Å²) in [5, 5.41) is 6.35.